The minimum absolute atomic E-state index is 0.0109. The second kappa shape index (κ2) is 10.2. The third-order valence-corrected chi connectivity index (χ3v) is 5.43. The number of nitrogens with zero attached hydrogens (tertiary/aromatic N) is 1. The summed E-state index contributed by atoms with van der Waals surface area (Å²) in [6.07, 6.45) is 0. The van der Waals surface area contributed by atoms with Crippen molar-refractivity contribution in [2.75, 3.05) is 13.6 Å². The van der Waals surface area contributed by atoms with Gasteiger partial charge >= 0.3 is 0 Å². The molecule has 0 saturated heterocycles. The first-order chi connectivity index (χ1) is 14.5. The first-order valence-electron chi connectivity index (χ1n) is 10.3. The number of carbonyl (C=O) groups excluding carboxylic acids is 1. The van der Waals surface area contributed by atoms with Crippen molar-refractivity contribution in [3.05, 3.63) is 95.8 Å². The maximum Gasteiger partial charge on any atom is 0.254 e. The Morgan fingerprint density at radius 3 is 2.23 bits per heavy atom. The van der Waals surface area contributed by atoms with Crippen LogP contribution in [0.25, 0.3) is 11.1 Å². The molecule has 3 aromatic carbocycles. The zero-order chi connectivity index (χ0) is 21.5. The van der Waals surface area contributed by atoms with E-state index in [1.54, 1.807) is 12.1 Å². The van der Waals surface area contributed by atoms with Crippen molar-refractivity contribution in [3.63, 3.8) is 0 Å². The molecule has 1 atom stereocenters. The van der Waals surface area contributed by atoms with E-state index in [4.69, 9.17) is 0 Å². The highest BCUT2D eigenvalue weighted by Gasteiger charge is 2.25. The van der Waals surface area contributed by atoms with Crippen molar-refractivity contribution in [1.29, 1.82) is 0 Å². The summed E-state index contributed by atoms with van der Waals surface area (Å²) in [6.45, 7) is 5.53. The van der Waals surface area contributed by atoms with Crippen LogP contribution in [0.4, 0.5) is 4.39 Å². The highest BCUT2D eigenvalue weighted by Crippen LogP contribution is 2.25. The molecular formula is C26H29FN2O. The summed E-state index contributed by atoms with van der Waals surface area (Å²) in [5, 5.41) is 3.42. The number of carbonyl (C=O) groups is 1. The summed E-state index contributed by atoms with van der Waals surface area (Å²) in [5.41, 5.74) is 3.69. The molecule has 0 fully saturated rings. The maximum absolute atomic E-state index is 13.4. The summed E-state index contributed by atoms with van der Waals surface area (Å²) in [5.74, 6) is 0.0570. The van der Waals surface area contributed by atoms with Crippen LogP contribution in [0, 0.1) is 11.7 Å². The molecule has 1 N–H and O–H groups in total. The molecule has 4 heteroatoms. The van der Waals surface area contributed by atoms with E-state index in [1.807, 2.05) is 66.5 Å². The first-order valence-corrected chi connectivity index (χ1v) is 10.3. The third kappa shape index (κ3) is 5.33. The summed E-state index contributed by atoms with van der Waals surface area (Å²) >= 11 is 0. The average molecular weight is 405 g/mol. The topological polar surface area (TPSA) is 32.3 Å². The zero-order valence-corrected chi connectivity index (χ0v) is 17.8. The second-order valence-electron chi connectivity index (χ2n) is 7.90. The maximum atomic E-state index is 13.4. The first kappa shape index (κ1) is 21.7. The number of halogens is 1. The molecule has 0 heterocycles. The lowest BCUT2D eigenvalue weighted by molar-refractivity contribution is 0.0688. The van der Waals surface area contributed by atoms with Gasteiger partial charge in [-0.25, -0.2) is 4.39 Å². The van der Waals surface area contributed by atoms with Crippen LogP contribution < -0.4 is 5.32 Å². The van der Waals surface area contributed by atoms with E-state index >= 15 is 0 Å². The van der Waals surface area contributed by atoms with Gasteiger partial charge in [0.25, 0.3) is 5.91 Å². The summed E-state index contributed by atoms with van der Waals surface area (Å²) in [6, 6.07) is 24.3. The van der Waals surface area contributed by atoms with Gasteiger partial charge in [-0.1, -0.05) is 74.5 Å². The van der Waals surface area contributed by atoms with Crippen LogP contribution in [0.3, 0.4) is 0 Å². The normalized spacial score (nSPS) is 12.0. The fraction of sp³-hybridized carbons (Fsp3) is 0.269. The van der Waals surface area contributed by atoms with Crippen LogP contribution in [0.2, 0.25) is 0 Å². The van der Waals surface area contributed by atoms with Crippen molar-refractivity contribution in [3.8, 4) is 11.1 Å². The molecule has 1 amide bonds. The summed E-state index contributed by atoms with van der Waals surface area (Å²) in [4.78, 5) is 15.2. The van der Waals surface area contributed by atoms with Crippen molar-refractivity contribution < 1.29 is 9.18 Å². The SMILES string of the molecule is CC(C)C(CNCc1ccc(F)cc1)N(C)C(=O)c1ccccc1-c1ccccc1. The van der Waals surface area contributed by atoms with Gasteiger partial charge in [0.05, 0.1) is 0 Å². The second-order valence-corrected chi connectivity index (χ2v) is 7.90. The smallest absolute Gasteiger partial charge is 0.254 e. The quantitative estimate of drug-likeness (QED) is 0.547. The Kier molecular flexibility index (Phi) is 7.36. The molecular weight excluding hydrogens is 375 g/mol. The Morgan fingerprint density at radius 1 is 0.933 bits per heavy atom. The molecule has 3 rings (SSSR count). The van der Waals surface area contributed by atoms with Crippen LogP contribution in [-0.4, -0.2) is 30.4 Å². The molecule has 0 spiro atoms. The lowest BCUT2D eigenvalue weighted by Gasteiger charge is -2.32. The molecule has 0 aromatic heterocycles. The lowest BCUT2D eigenvalue weighted by atomic mass is 9.97. The number of benzene rings is 3. The van der Waals surface area contributed by atoms with Gasteiger partial charge in [-0.05, 0) is 40.8 Å². The van der Waals surface area contributed by atoms with E-state index in [0.717, 1.165) is 16.7 Å². The fourth-order valence-corrected chi connectivity index (χ4v) is 3.67. The van der Waals surface area contributed by atoms with Crippen LogP contribution in [0.1, 0.15) is 29.8 Å². The van der Waals surface area contributed by atoms with Gasteiger partial charge in [-0.2, -0.15) is 0 Å². The predicted octanol–water partition coefficient (Wildman–Crippen LogP) is 5.38. The van der Waals surface area contributed by atoms with Crippen molar-refractivity contribution in [2.45, 2.75) is 26.4 Å². The summed E-state index contributed by atoms with van der Waals surface area (Å²) in [7, 11) is 1.87. The molecule has 0 aliphatic rings. The molecule has 0 aliphatic carbocycles. The predicted molar refractivity (Wildman–Crippen MR) is 121 cm³/mol. The van der Waals surface area contributed by atoms with Gasteiger partial charge < -0.3 is 10.2 Å². The number of rotatable bonds is 8. The number of amides is 1. The Hall–Kier alpha value is -2.98. The highest BCUT2D eigenvalue weighted by atomic mass is 19.1. The Morgan fingerprint density at radius 2 is 1.57 bits per heavy atom. The average Bonchev–Trinajstić information content (AvgIpc) is 2.77. The molecule has 156 valence electrons. The standard InChI is InChI=1S/C26H29FN2O/c1-19(2)25(18-28-17-20-13-15-22(27)16-14-20)29(3)26(30)24-12-8-7-11-23(24)21-9-5-4-6-10-21/h4-16,19,25,28H,17-18H2,1-3H3. The highest BCUT2D eigenvalue weighted by molar-refractivity contribution is 6.00. The molecule has 3 aromatic rings. The lowest BCUT2D eigenvalue weighted by Crippen LogP contribution is -2.46. The van der Waals surface area contributed by atoms with E-state index in [1.165, 1.54) is 12.1 Å². The van der Waals surface area contributed by atoms with E-state index in [-0.39, 0.29) is 23.7 Å². The fourth-order valence-electron chi connectivity index (χ4n) is 3.67. The van der Waals surface area contributed by atoms with Gasteiger partial charge in [-0.15, -0.1) is 0 Å². The molecule has 3 nitrogen and oxygen atoms in total. The minimum atomic E-state index is -0.235. The van der Waals surface area contributed by atoms with Crippen LogP contribution in [-0.2, 0) is 6.54 Å². The van der Waals surface area contributed by atoms with Gasteiger partial charge in [0.2, 0.25) is 0 Å². The number of hydrogen-bond donors (Lipinski definition) is 1. The van der Waals surface area contributed by atoms with E-state index in [9.17, 15) is 9.18 Å². The van der Waals surface area contributed by atoms with Crippen molar-refractivity contribution >= 4 is 5.91 Å². The monoisotopic (exact) mass is 404 g/mol. The number of nitrogens with one attached hydrogen (secondary N) is 1. The van der Waals surface area contributed by atoms with Gasteiger partial charge in [-0.3, -0.25) is 4.79 Å². The molecule has 0 bridgehead atoms. The largest absolute Gasteiger partial charge is 0.337 e. The molecule has 1 unspecified atom stereocenters. The van der Waals surface area contributed by atoms with Gasteiger partial charge in [0.1, 0.15) is 5.82 Å². The van der Waals surface area contributed by atoms with Crippen LogP contribution in [0.5, 0.6) is 0 Å². The molecule has 30 heavy (non-hydrogen) atoms. The Bertz CT molecular complexity index is 954. The van der Waals surface area contributed by atoms with Crippen LogP contribution in [0.15, 0.2) is 78.9 Å². The van der Waals surface area contributed by atoms with E-state index < -0.39 is 0 Å². The van der Waals surface area contributed by atoms with Crippen molar-refractivity contribution in [2.24, 2.45) is 5.92 Å². The molecule has 0 saturated carbocycles. The number of hydrogen-bond acceptors (Lipinski definition) is 2. The van der Waals surface area contributed by atoms with Gasteiger partial charge in [0, 0.05) is 31.7 Å². The van der Waals surface area contributed by atoms with Crippen LogP contribution >= 0.6 is 0 Å². The van der Waals surface area contributed by atoms with E-state index in [2.05, 4.69) is 19.2 Å². The Labute approximate surface area is 178 Å². The van der Waals surface area contributed by atoms with Gasteiger partial charge in [0.15, 0.2) is 0 Å². The molecule has 0 aliphatic heterocycles. The van der Waals surface area contributed by atoms with Crippen molar-refractivity contribution in [1.82, 2.24) is 10.2 Å². The third-order valence-electron chi connectivity index (χ3n) is 5.43. The summed E-state index contributed by atoms with van der Waals surface area (Å²) < 4.78 is 13.1. The minimum Gasteiger partial charge on any atom is -0.337 e. The zero-order valence-electron chi connectivity index (χ0n) is 17.8. The molecule has 0 radical (unpaired) electrons. The number of likely N-dealkylation sites (N-methyl/N-ethyl adjacent to an activating group) is 1. The van der Waals surface area contributed by atoms with E-state index in [0.29, 0.717) is 18.7 Å². The Balaban J connectivity index is 1.73.